The summed E-state index contributed by atoms with van der Waals surface area (Å²) in [6.45, 7) is 12.3. The van der Waals surface area contributed by atoms with Gasteiger partial charge in [-0.3, -0.25) is 0 Å². The van der Waals surface area contributed by atoms with Crippen LogP contribution in [0.2, 0.25) is 0 Å². The predicted octanol–water partition coefficient (Wildman–Crippen LogP) is 9.11. The van der Waals surface area contributed by atoms with Gasteiger partial charge in [0.1, 0.15) is 5.76 Å². The molecule has 3 rings (SSSR count). The van der Waals surface area contributed by atoms with E-state index in [0.29, 0.717) is 42.4 Å². The molecule has 1 saturated carbocycles. The van der Waals surface area contributed by atoms with E-state index in [1.165, 1.54) is 19.3 Å². The lowest BCUT2D eigenvalue weighted by Gasteiger charge is -2.26. The van der Waals surface area contributed by atoms with Gasteiger partial charge in [0, 0.05) is 11.1 Å². The first-order valence-corrected chi connectivity index (χ1v) is 12.2. The highest BCUT2D eigenvalue weighted by molar-refractivity contribution is 5.67. The lowest BCUT2D eigenvalue weighted by molar-refractivity contribution is 0.122. The van der Waals surface area contributed by atoms with Crippen LogP contribution in [0.25, 0.3) is 17.2 Å². The molecule has 0 radical (unpaired) electrons. The van der Waals surface area contributed by atoms with Gasteiger partial charge < -0.3 is 9.84 Å². The second-order valence-corrected chi connectivity index (χ2v) is 8.77. The third kappa shape index (κ3) is 8.05. The quantitative estimate of drug-likeness (QED) is 0.165. The fraction of sp³-hybridized carbons (Fsp3) is 0.290. The summed E-state index contributed by atoms with van der Waals surface area (Å²) in [5, 5.41) is 9.64. The minimum Gasteiger partial charge on any atom is -0.494 e. The van der Waals surface area contributed by atoms with Crippen molar-refractivity contribution in [3.63, 3.8) is 0 Å². The van der Waals surface area contributed by atoms with Crippen molar-refractivity contribution >= 4 is 6.08 Å². The van der Waals surface area contributed by atoms with Gasteiger partial charge in [-0.25, -0.2) is 13.2 Å². The Balaban J connectivity index is 0.00000112. The van der Waals surface area contributed by atoms with Gasteiger partial charge in [0.2, 0.25) is 5.83 Å². The van der Waals surface area contributed by atoms with Crippen molar-refractivity contribution in [1.29, 1.82) is 0 Å². The number of methoxy groups -OCH3 is 1. The van der Waals surface area contributed by atoms with Crippen LogP contribution in [0, 0.1) is 11.6 Å². The second kappa shape index (κ2) is 14.4. The molecule has 37 heavy (non-hydrogen) atoms. The molecule has 1 N–H and O–H groups in total. The Morgan fingerprint density at radius 2 is 1.57 bits per heavy atom. The third-order valence-corrected chi connectivity index (χ3v) is 6.20. The number of aliphatic hydroxyl groups excluding tert-OH is 1. The number of hydrogen-bond donors (Lipinski definition) is 1. The Labute approximate surface area is 217 Å². The van der Waals surface area contributed by atoms with E-state index >= 15 is 0 Å². The number of hydrogen-bond acceptors (Lipinski definition) is 2. The lowest BCUT2D eigenvalue weighted by atomic mass is 9.82. The molecule has 2 aromatic carbocycles. The Hall–Kier alpha value is -3.38. The van der Waals surface area contributed by atoms with Crippen LogP contribution in [-0.2, 0) is 4.74 Å². The smallest absolute Gasteiger partial charge is 0.200 e. The minimum absolute atomic E-state index is 0.0992. The summed E-state index contributed by atoms with van der Waals surface area (Å²) < 4.78 is 62.0. The van der Waals surface area contributed by atoms with Crippen LogP contribution in [0.4, 0.5) is 17.6 Å². The zero-order valence-corrected chi connectivity index (χ0v) is 21.4. The van der Waals surface area contributed by atoms with Crippen LogP contribution in [-0.4, -0.2) is 18.3 Å². The normalized spacial score (nSPS) is 17.9. The Bertz CT molecular complexity index is 1150. The molecule has 0 amide bonds. The van der Waals surface area contributed by atoms with Crippen molar-refractivity contribution in [2.24, 2.45) is 0 Å². The van der Waals surface area contributed by atoms with Gasteiger partial charge >= 0.3 is 0 Å². The Morgan fingerprint density at radius 1 is 0.973 bits per heavy atom. The molecule has 0 spiro atoms. The molecule has 2 nitrogen and oxygen atoms in total. The number of halogens is 4. The van der Waals surface area contributed by atoms with Crippen molar-refractivity contribution in [3.8, 4) is 11.1 Å². The first kappa shape index (κ1) is 29.8. The number of allylic oxidation sites excluding steroid dienone is 5. The molecule has 0 atom stereocenters. The highest BCUT2D eigenvalue weighted by Crippen LogP contribution is 2.37. The molecule has 1 fully saturated rings. The number of rotatable bonds is 8. The monoisotopic (exact) mass is 514 g/mol. The SMILES string of the molecule is C=C(/C=C/c1ccc(-c2ccc(C3CCC(O)CC3)c(F)c2F)cc1)/C(F)=C(/F)C(=C)OC.C=CCC. The van der Waals surface area contributed by atoms with Gasteiger partial charge in [-0.1, -0.05) is 74.7 Å². The van der Waals surface area contributed by atoms with E-state index in [-0.39, 0.29) is 23.2 Å². The minimum atomic E-state index is -1.23. The molecule has 0 unspecified atom stereocenters. The fourth-order valence-electron chi connectivity index (χ4n) is 3.89. The number of ether oxygens (including phenoxy) is 1. The van der Waals surface area contributed by atoms with Gasteiger partial charge in [0.15, 0.2) is 17.5 Å². The molecule has 198 valence electrons. The highest BCUT2D eigenvalue weighted by atomic mass is 19.2. The average Bonchev–Trinajstić information content (AvgIpc) is 2.93. The van der Waals surface area contributed by atoms with Crippen LogP contribution >= 0.6 is 0 Å². The van der Waals surface area contributed by atoms with E-state index < -0.39 is 29.0 Å². The number of aliphatic hydroxyl groups is 1. The zero-order valence-electron chi connectivity index (χ0n) is 21.4. The molecule has 6 heteroatoms. The largest absolute Gasteiger partial charge is 0.494 e. The summed E-state index contributed by atoms with van der Waals surface area (Å²) >= 11 is 0. The van der Waals surface area contributed by atoms with E-state index in [0.717, 1.165) is 6.42 Å². The molecule has 0 aliphatic heterocycles. The molecule has 1 aliphatic rings. The highest BCUT2D eigenvalue weighted by Gasteiger charge is 2.25. The van der Waals surface area contributed by atoms with E-state index in [1.54, 1.807) is 36.4 Å². The van der Waals surface area contributed by atoms with E-state index in [9.17, 15) is 22.7 Å². The van der Waals surface area contributed by atoms with Crippen molar-refractivity contribution in [1.82, 2.24) is 0 Å². The second-order valence-electron chi connectivity index (χ2n) is 8.77. The Kier molecular flexibility index (Phi) is 11.6. The standard InChI is InChI=1S/C27H26F4O2.C4H8/c1-16(24(28)25(29)17(2)33-3)4-5-18-6-8-19(9-7-18)22-14-15-23(27(31)26(22)30)20-10-12-21(32)13-11-20;1-3-4-2/h4-9,14-15,20-21,32H,1-2,10-13H2,3H3;3H,1,4H2,2H3/b5-4+,25-24-;. The van der Waals surface area contributed by atoms with E-state index in [1.807, 2.05) is 6.08 Å². The molecular formula is C31H34F4O2. The van der Waals surface area contributed by atoms with Crippen LogP contribution in [0.5, 0.6) is 0 Å². The average molecular weight is 515 g/mol. The third-order valence-electron chi connectivity index (χ3n) is 6.20. The van der Waals surface area contributed by atoms with Crippen molar-refractivity contribution in [2.45, 2.75) is 51.0 Å². The van der Waals surface area contributed by atoms with Gasteiger partial charge in [-0.2, -0.15) is 4.39 Å². The van der Waals surface area contributed by atoms with Gasteiger partial charge in [-0.15, -0.1) is 6.58 Å². The maximum absolute atomic E-state index is 14.8. The first-order valence-electron chi connectivity index (χ1n) is 12.2. The van der Waals surface area contributed by atoms with Crippen LogP contribution in [0.3, 0.4) is 0 Å². The molecule has 0 bridgehead atoms. The van der Waals surface area contributed by atoms with Crippen LogP contribution < -0.4 is 0 Å². The Morgan fingerprint density at radius 3 is 2.11 bits per heavy atom. The van der Waals surface area contributed by atoms with Crippen molar-refractivity contribution < 1.29 is 27.4 Å². The summed E-state index contributed by atoms with van der Waals surface area (Å²) in [6, 6.07) is 9.73. The summed E-state index contributed by atoms with van der Waals surface area (Å²) in [5.41, 5.74) is 1.41. The predicted molar refractivity (Wildman–Crippen MR) is 143 cm³/mol. The van der Waals surface area contributed by atoms with E-state index in [2.05, 4.69) is 31.4 Å². The maximum atomic E-state index is 14.8. The summed E-state index contributed by atoms with van der Waals surface area (Å²) in [7, 11) is 1.18. The summed E-state index contributed by atoms with van der Waals surface area (Å²) in [4.78, 5) is 0. The van der Waals surface area contributed by atoms with Crippen LogP contribution in [0.15, 0.2) is 91.3 Å². The zero-order chi connectivity index (χ0) is 27.5. The first-order chi connectivity index (χ1) is 17.6. The molecule has 0 saturated heterocycles. The number of benzene rings is 2. The lowest BCUT2D eigenvalue weighted by Crippen LogP contribution is -2.18. The summed E-state index contributed by atoms with van der Waals surface area (Å²) in [5.74, 6) is -4.70. The molecule has 1 aliphatic carbocycles. The van der Waals surface area contributed by atoms with Crippen molar-refractivity contribution in [3.05, 3.63) is 114 Å². The van der Waals surface area contributed by atoms with Gasteiger partial charge in [0.05, 0.1) is 13.2 Å². The fourth-order valence-corrected chi connectivity index (χ4v) is 3.89. The molecule has 0 aromatic heterocycles. The van der Waals surface area contributed by atoms with Crippen LogP contribution in [0.1, 0.15) is 56.1 Å². The topological polar surface area (TPSA) is 29.5 Å². The van der Waals surface area contributed by atoms with E-state index in [4.69, 9.17) is 0 Å². The molecule has 0 heterocycles. The molecular weight excluding hydrogens is 480 g/mol. The maximum Gasteiger partial charge on any atom is 0.200 e. The van der Waals surface area contributed by atoms with Crippen molar-refractivity contribution in [2.75, 3.05) is 7.11 Å². The molecule has 2 aromatic rings. The van der Waals surface area contributed by atoms with Gasteiger partial charge in [-0.05, 0) is 54.7 Å². The van der Waals surface area contributed by atoms with Gasteiger partial charge in [0.25, 0.3) is 0 Å². The summed E-state index contributed by atoms with van der Waals surface area (Å²) in [6.07, 6.45) is 7.83.